The molecule has 0 aliphatic rings. The summed E-state index contributed by atoms with van der Waals surface area (Å²) in [5, 5.41) is 15.4. The fourth-order valence-corrected chi connectivity index (χ4v) is 2.89. The molecule has 28 heavy (non-hydrogen) atoms. The first kappa shape index (κ1) is 19.6. The topological polar surface area (TPSA) is 90.2 Å². The number of hydrogen-bond donors (Lipinski definition) is 1. The first-order chi connectivity index (χ1) is 13.3. The lowest BCUT2D eigenvalue weighted by Crippen LogP contribution is -2.04. The minimum Gasteiger partial charge on any atom is -0.434 e. The summed E-state index contributed by atoms with van der Waals surface area (Å²) in [5.74, 6) is 0.332. The Morgan fingerprint density at radius 2 is 1.75 bits per heavy atom. The third kappa shape index (κ3) is 3.89. The largest absolute Gasteiger partial charge is 0.434 e. The number of ether oxygens (including phenoxy) is 1. The third-order valence-corrected chi connectivity index (χ3v) is 5.05. The number of anilines is 2. The molecule has 0 radical (unpaired) electrons. The SMILES string of the molecule is Cc1cccc(Nc2ncnc(Oc3cc(C)c(Cl)c(C)c3)c2[N+](=O)[O-])c1C. The summed E-state index contributed by atoms with van der Waals surface area (Å²) in [6, 6.07) is 9.08. The smallest absolute Gasteiger partial charge is 0.373 e. The van der Waals surface area contributed by atoms with Crippen molar-refractivity contribution in [2.24, 2.45) is 0 Å². The standard InChI is InChI=1S/C20H19ClN4O3/c1-11-6-5-7-16(14(11)4)24-19-18(25(26)27)20(23-10-22-19)28-15-8-12(2)17(21)13(3)9-15/h5-10H,1-4H3,(H,22,23,24). The molecule has 0 fully saturated rings. The summed E-state index contributed by atoms with van der Waals surface area (Å²) in [5.41, 5.74) is 4.04. The predicted octanol–water partition coefficient (Wildman–Crippen LogP) is 5.81. The second kappa shape index (κ2) is 7.82. The minimum atomic E-state index is -0.557. The summed E-state index contributed by atoms with van der Waals surface area (Å²) < 4.78 is 5.73. The van der Waals surface area contributed by atoms with E-state index < -0.39 is 4.92 Å². The monoisotopic (exact) mass is 398 g/mol. The van der Waals surface area contributed by atoms with Crippen LogP contribution in [-0.4, -0.2) is 14.9 Å². The molecule has 0 unspecified atom stereocenters. The molecule has 8 heteroatoms. The van der Waals surface area contributed by atoms with Crippen molar-refractivity contribution in [2.75, 3.05) is 5.32 Å². The molecule has 144 valence electrons. The first-order valence-corrected chi connectivity index (χ1v) is 8.93. The van der Waals surface area contributed by atoms with Crippen LogP contribution in [0.15, 0.2) is 36.7 Å². The highest BCUT2D eigenvalue weighted by molar-refractivity contribution is 6.32. The highest BCUT2D eigenvalue weighted by Crippen LogP contribution is 2.37. The van der Waals surface area contributed by atoms with Gasteiger partial charge in [-0.25, -0.2) is 4.98 Å². The fourth-order valence-electron chi connectivity index (χ4n) is 2.78. The molecule has 1 heterocycles. The van der Waals surface area contributed by atoms with E-state index in [1.165, 1.54) is 6.33 Å². The van der Waals surface area contributed by atoms with Crippen molar-refractivity contribution in [3.05, 3.63) is 74.0 Å². The van der Waals surface area contributed by atoms with Crippen LogP contribution in [-0.2, 0) is 0 Å². The molecule has 1 aromatic heterocycles. The van der Waals surface area contributed by atoms with Gasteiger partial charge in [-0.3, -0.25) is 10.1 Å². The summed E-state index contributed by atoms with van der Waals surface area (Å²) in [6.45, 7) is 7.57. The summed E-state index contributed by atoms with van der Waals surface area (Å²) in [7, 11) is 0. The van der Waals surface area contributed by atoms with Gasteiger partial charge in [-0.2, -0.15) is 4.98 Å². The predicted molar refractivity (Wildman–Crippen MR) is 109 cm³/mol. The Hall–Kier alpha value is -3.19. The first-order valence-electron chi connectivity index (χ1n) is 8.55. The number of aryl methyl sites for hydroxylation is 3. The van der Waals surface area contributed by atoms with Gasteiger partial charge in [-0.1, -0.05) is 23.7 Å². The molecule has 0 saturated carbocycles. The summed E-state index contributed by atoms with van der Waals surface area (Å²) in [4.78, 5) is 19.2. The normalized spacial score (nSPS) is 10.6. The second-order valence-corrected chi connectivity index (χ2v) is 6.86. The zero-order chi connectivity index (χ0) is 20.4. The molecular weight excluding hydrogens is 380 g/mol. The maximum absolute atomic E-state index is 11.7. The van der Waals surface area contributed by atoms with Crippen LogP contribution in [0.4, 0.5) is 17.2 Å². The van der Waals surface area contributed by atoms with Gasteiger partial charge in [0, 0.05) is 10.7 Å². The summed E-state index contributed by atoms with van der Waals surface area (Å²) >= 11 is 6.18. The molecule has 0 spiro atoms. The second-order valence-electron chi connectivity index (χ2n) is 6.48. The Kier molecular flexibility index (Phi) is 5.46. The third-order valence-electron chi connectivity index (χ3n) is 4.45. The Balaban J connectivity index is 2.03. The van der Waals surface area contributed by atoms with Crippen molar-refractivity contribution < 1.29 is 9.66 Å². The van der Waals surface area contributed by atoms with Gasteiger partial charge in [-0.15, -0.1) is 0 Å². The molecule has 0 bridgehead atoms. The van der Waals surface area contributed by atoms with E-state index in [0.717, 1.165) is 27.9 Å². The van der Waals surface area contributed by atoms with Crippen LogP contribution < -0.4 is 10.1 Å². The van der Waals surface area contributed by atoms with Crippen LogP contribution in [0.2, 0.25) is 5.02 Å². The highest BCUT2D eigenvalue weighted by atomic mass is 35.5. The highest BCUT2D eigenvalue weighted by Gasteiger charge is 2.26. The van der Waals surface area contributed by atoms with Crippen LogP contribution in [0.5, 0.6) is 11.6 Å². The van der Waals surface area contributed by atoms with Crippen LogP contribution in [0.1, 0.15) is 22.3 Å². The Labute approximate surface area is 167 Å². The zero-order valence-corrected chi connectivity index (χ0v) is 16.7. The van der Waals surface area contributed by atoms with Crippen LogP contribution in [0, 0.1) is 37.8 Å². The maximum atomic E-state index is 11.7. The van der Waals surface area contributed by atoms with Gasteiger partial charge in [0.1, 0.15) is 12.1 Å². The number of halogens is 1. The molecule has 0 aliphatic heterocycles. The Bertz CT molecular complexity index is 1050. The van der Waals surface area contributed by atoms with E-state index in [0.29, 0.717) is 10.8 Å². The Morgan fingerprint density at radius 3 is 2.39 bits per heavy atom. The molecule has 0 amide bonds. The van der Waals surface area contributed by atoms with Gasteiger partial charge in [0.25, 0.3) is 0 Å². The molecular formula is C20H19ClN4O3. The van der Waals surface area contributed by atoms with E-state index in [4.69, 9.17) is 16.3 Å². The van der Waals surface area contributed by atoms with E-state index >= 15 is 0 Å². The molecule has 0 saturated heterocycles. The molecule has 1 N–H and O–H groups in total. The number of nitrogens with zero attached hydrogens (tertiary/aromatic N) is 3. The molecule has 7 nitrogen and oxygen atoms in total. The number of benzene rings is 2. The van der Waals surface area contributed by atoms with Gasteiger partial charge >= 0.3 is 11.6 Å². The van der Waals surface area contributed by atoms with Crippen molar-refractivity contribution in [1.82, 2.24) is 9.97 Å². The summed E-state index contributed by atoms with van der Waals surface area (Å²) in [6.07, 6.45) is 1.23. The van der Waals surface area contributed by atoms with Gasteiger partial charge < -0.3 is 10.1 Å². The fraction of sp³-hybridized carbons (Fsp3) is 0.200. The van der Waals surface area contributed by atoms with E-state index in [9.17, 15) is 10.1 Å². The lowest BCUT2D eigenvalue weighted by molar-refractivity contribution is -0.385. The van der Waals surface area contributed by atoms with Crippen LogP contribution >= 0.6 is 11.6 Å². The van der Waals surface area contributed by atoms with Crippen LogP contribution in [0.3, 0.4) is 0 Å². The molecule has 0 aliphatic carbocycles. The zero-order valence-electron chi connectivity index (χ0n) is 15.9. The van der Waals surface area contributed by atoms with Gasteiger partial charge in [-0.05, 0) is 68.1 Å². The minimum absolute atomic E-state index is 0.0612. The van der Waals surface area contributed by atoms with Gasteiger partial charge in [0.2, 0.25) is 5.82 Å². The number of nitro groups is 1. The van der Waals surface area contributed by atoms with Crippen molar-refractivity contribution >= 4 is 28.8 Å². The number of rotatable bonds is 5. The van der Waals surface area contributed by atoms with Crippen molar-refractivity contribution in [3.8, 4) is 11.6 Å². The van der Waals surface area contributed by atoms with E-state index in [-0.39, 0.29) is 17.4 Å². The van der Waals surface area contributed by atoms with Crippen molar-refractivity contribution in [1.29, 1.82) is 0 Å². The van der Waals surface area contributed by atoms with Crippen LogP contribution in [0.25, 0.3) is 0 Å². The molecule has 3 rings (SSSR count). The molecule has 0 atom stereocenters. The van der Waals surface area contributed by atoms with Gasteiger partial charge in [0.05, 0.1) is 4.92 Å². The van der Waals surface area contributed by atoms with Crippen molar-refractivity contribution in [3.63, 3.8) is 0 Å². The van der Waals surface area contributed by atoms with E-state index in [1.54, 1.807) is 12.1 Å². The molecule has 3 aromatic rings. The van der Waals surface area contributed by atoms with E-state index in [1.807, 2.05) is 45.9 Å². The lowest BCUT2D eigenvalue weighted by Gasteiger charge is -2.13. The van der Waals surface area contributed by atoms with Crippen molar-refractivity contribution in [2.45, 2.75) is 27.7 Å². The average molecular weight is 399 g/mol. The lowest BCUT2D eigenvalue weighted by atomic mass is 10.1. The quantitative estimate of drug-likeness (QED) is 0.431. The van der Waals surface area contributed by atoms with Gasteiger partial charge in [0.15, 0.2) is 0 Å². The maximum Gasteiger partial charge on any atom is 0.373 e. The van der Waals surface area contributed by atoms with E-state index in [2.05, 4.69) is 15.3 Å². The molecule has 2 aromatic carbocycles. The number of hydrogen-bond acceptors (Lipinski definition) is 6. The average Bonchev–Trinajstić information content (AvgIpc) is 2.63. The number of aromatic nitrogens is 2. The Morgan fingerprint density at radius 1 is 1.07 bits per heavy atom. The number of nitrogens with one attached hydrogen (secondary N) is 1.